The number of aromatic carboxylic acids is 1. The van der Waals surface area contributed by atoms with Crippen molar-refractivity contribution in [2.24, 2.45) is 5.92 Å². The van der Waals surface area contributed by atoms with E-state index in [0.29, 0.717) is 18.8 Å². The number of hydrogen-bond acceptors (Lipinski definition) is 4. The topological polar surface area (TPSA) is 83.6 Å². The number of aromatic nitrogens is 1. The van der Waals surface area contributed by atoms with Crippen molar-refractivity contribution >= 4 is 11.9 Å². The number of rotatable bonds is 3. The Kier molecular flexibility index (Phi) is 3.90. The van der Waals surface area contributed by atoms with Crippen LogP contribution >= 0.6 is 0 Å². The second-order valence-corrected chi connectivity index (χ2v) is 7.14. The summed E-state index contributed by atoms with van der Waals surface area (Å²) in [6.45, 7) is 1.34. The number of likely N-dealkylation sites (tertiary alicyclic amines) is 1. The number of allylic oxidation sites excluding steroid dienone is 2. The first-order valence-corrected chi connectivity index (χ1v) is 8.78. The summed E-state index contributed by atoms with van der Waals surface area (Å²) in [7, 11) is 0. The van der Waals surface area contributed by atoms with Gasteiger partial charge in [-0.3, -0.25) is 4.79 Å². The molecule has 4 rings (SSSR count). The number of carboxylic acid groups (broad SMARTS) is 1. The average Bonchev–Trinajstić information content (AvgIpc) is 2.98. The van der Waals surface area contributed by atoms with E-state index in [-0.39, 0.29) is 23.4 Å². The summed E-state index contributed by atoms with van der Waals surface area (Å²) in [5.41, 5.74) is 3.14. The third-order valence-electron chi connectivity index (χ3n) is 5.77. The molecular formula is C18H22N2O4. The predicted octanol–water partition coefficient (Wildman–Crippen LogP) is 2.97. The van der Waals surface area contributed by atoms with Crippen molar-refractivity contribution in [3.8, 4) is 0 Å². The van der Waals surface area contributed by atoms with Crippen molar-refractivity contribution in [2.75, 3.05) is 13.1 Å². The maximum atomic E-state index is 12.6. The van der Waals surface area contributed by atoms with E-state index < -0.39 is 5.97 Å². The van der Waals surface area contributed by atoms with Gasteiger partial charge in [-0.25, -0.2) is 9.78 Å². The molecule has 1 aliphatic heterocycles. The summed E-state index contributed by atoms with van der Waals surface area (Å²) in [4.78, 5) is 29.5. The van der Waals surface area contributed by atoms with Crippen molar-refractivity contribution < 1.29 is 19.1 Å². The summed E-state index contributed by atoms with van der Waals surface area (Å²) in [5, 5.41) is 9.14. The summed E-state index contributed by atoms with van der Waals surface area (Å²) in [6, 6.07) is 0. The largest absolute Gasteiger partial charge is 0.476 e. The molecule has 0 spiro atoms. The smallest absolute Gasteiger partial charge is 0.358 e. The van der Waals surface area contributed by atoms with Gasteiger partial charge in [0, 0.05) is 24.9 Å². The summed E-state index contributed by atoms with van der Waals surface area (Å²) in [5.74, 6) is -0.118. The lowest BCUT2D eigenvalue weighted by atomic mass is 9.72. The Labute approximate surface area is 140 Å². The minimum atomic E-state index is -1.05. The lowest BCUT2D eigenvalue weighted by Gasteiger charge is -2.39. The van der Waals surface area contributed by atoms with Crippen LogP contribution in [0.5, 0.6) is 0 Å². The number of nitrogens with zero attached hydrogens (tertiary/aromatic N) is 2. The second kappa shape index (κ2) is 6.07. The number of piperidine rings is 1. The Bertz CT molecular complexity index is 684. The molecule has 6 nitrogen and oxygen atoms in total. The maximum absolute atomic E-state index is 12.6. The van der Waals surface area contributed by atoms with Crippen molar-refractivity contribution in [1.82, 2.24) is 9.88 Å². The molecule has 3 fully saturated rings. The number of hydrogen-bond donors (Lipinski definition) is 1. The van der Waals surface area contributed by atoms with E-state index in [0.717, 1.165) is 25.7 Å². The maximum Gasteiger partial charge on any atom is 0.358 e. The summed E-state index contributed by atoms with van der Waals surface area (Å²) >= 11 is 0. The highest BCUT2D eigenvalue weighted by atomic mass is 16.4. The standard InChI is InChI=1S/C18H22N2O4/c21-17(14-8-13(9-14)11-2-1-3-11)20-6-4-12(5-7-20)16-15(18(22)23)19-10-24-16/h10,12,14H,1-9H2,(H,22,23). The van der Waals surface area contributed by atoms with Crippen LogP contribution in [-0.2, 0) is 4.79 Å². The normalized spacial score (nSPS) is 24.5. The van der Waals surface area contributed by atoms with E-state index in [1.807, 2.05) is 4.90 Å². The van der Waals surface area contributed by atoms with Crippen LogP contribution in [0, 0.1) is 5.92 Å². The van der Waals surface area contributed by atoms with Gasteiger partial charge in [-0.05, 0) is 44.9 Å². The predicted molar refractivity (Wildman–Crippen MR) is 85.6 cm³/mol. The molecule has 6 heteroatoms. The first kappa shape index (κ1) is 15.4. The van der Waals surface area contributed by atoms with Crippen LogP contribution in [-0.4, -0.2) is 40.0 Å². The molecule has 2 heterocycles. The number of carboxylic acids is 1. The van der Waals surface area contributed by atoms with Gasteiger partial charge < -0.3 is 14.4 Å². The highest BCUT2D eigenvalue weighted by Gasteiger charge is 2.37. The highest BCUT2D eigenvalue weighted by Crippen LogP contribution is 2.43. The van der Waals surface area contributed by atoms with Gasteiger partial charge in [-0.1, -0.05) is 11.1 Å². The third-order valence-corrected chi connectivity index (χ3v) is 5.77. The Hall–Kier alpha value is -2.11. The van der Waals surface area contributed by atoms with Crippen LogP contribution in [0.2, 0.25) is 0 Å². The van der Waals surface area contributed by atoms with E-state index in [1.165, 1.54) is 31.2 Å². The van der Waals surface area contributed by atoms with E-state index in [9.17, 15) is 9.59 Å². The number of amides is 1. The van der Waals surface area contributed by atoms with Crippen LogP contribution in [0.15, 0.2) is 22.0 Å². The molecule has 0 atom stereocenters. The molecule has 1 aromatic rings. The van der Waals surface area contributed by atoms with E-state index >= 15 is 0 Å². The number of carbonyl (C=O) groups is 2. The van der Waals surface area contributed by atoms with Crippen molar-refractivity contribution in [3.05, 3.63) is 29.0 Å². The molecule has 1 saturated heterocycles. The first-order valence-electron chi connectivity index (χ1n) is 8.78. The van der Waals surface area contributed by atoms with Crippen molar-refractivity contribution in [3.63, 3.8) is 0 Å². The van der Waals surface area contributed by atoms with Crippen LogP contribution in [0.3, 0.4) is 0 Å². The number of carbonyl (C=O) groups excluding carboxylic acids is 1. The molecule has 1 aromatic heterocycles. The Morgan fingerprint density at radius 1 is 1.17 bits per heavy atom. The van der Waals surface area contributed by atoms with Gasteiger partial charge in [0.25, 0.3) is 0 Å². The van der Waals surface area contributed by atoms with Gasteiger partial charge in [-0.2, -0.15) is 0 Å². The monoisotopic (exact) mass is 330 g/mol. The minimum Gasteiger partial charge on any atom is -0.476 e. The minimum absolute atomic E-state index is 0.00975. The molecule has 0 unspecified atom stereocenters. The van der Waals surface area contributed by atoms with Crippen molar-refractivity contribution in [1.29, 1.82) is 0 Å². The lowest BCUT2D eigenvalue weighted by Crippen LogP contribution is -2.44. The van der Waals surface area contributed by atoms with E-state index in [1.54, 1.807) is 5.57 Å². The fourth-order valence-electron chi connectivity index (χ4n) is 4.03. The van der Waals surface area contributed by atoms with Gasteiger partial charge in [0.1, 0.15) is 5.76 Å². The average molecular weight is 330 g/mol. The molecule has 24 heavy (non-hydrogen) atoms. The molecule has 1 N–H and O–H groups in total. The van der Waals surface area contributed by atoms with Gasteiger partial charge in [0.15, 0.2) is 12.1 Å². The fourth-order valence-corrected chi connectivity index (χ4v) is 4.03. The van der Waals surface area contributed by atoms with Gasteiger partial charge in [-0.15, -0.1) is 0 Å². The van der Waals surface area contributed by atoms with Crippen LogP contribution in [0.4, 0.5) is 0 Å². The summed E-state index contributed by atoms with van der Waals surface area (Å²) in [6.07, 6.45) is 8.38. The molecule has 1 amide bonds. The molecule has 3 aliphatic rings. The van der Waals surface area contributed by atoms with E-state index in [2.05, 4.69) is 4.98 Å². The van der Waals surface area contributed by atoms with Gasteiger partial charge in [0.2, 0.25) is 5.91 Å². The molecule has 0 bridgehead atoms. The molecule has 0 aromatic carbocycles. The van der Waals surface area contributed by atoms with Crippen LogP contribution in [0.1, 0.15) is 67.1 Å². The zero-order valence-corrected chi connectivity index (χ0v) is 13.7. The third kappa shape index (κ3) is 2.64. The van der Waals surface area contributed by atoms with Crippen LogP contribution in [0.25, 0.3) is 0 Å². The molecule has 128 valence electrons. The Morgan fingerprint density at radius 3 is 2.46 bits per heavy atom. The SMILES string of the molecule is O=C(O)c1ncoc1C1CCN(C(=O)C2CC(=C3CCC3)C2)CC1. The molecule has 2 saturated carbocycles. The molecule has 0 radical (unpaired) electrons. The molecular weight excluding hydrogens is 308 g/mol. The highest BCUT2D eigenvalue weighted by molar-refractivity contribution is 5.86. The van der Waals surface area contributed by atoms with E-state index in [4.69, 9.17) is 9.52 Å². The zero-order chi connectivity index (χ0) is 16.7. The lowest BCUT2D eigenvalue weighted by molar-refractivity contribution is -0.138. The van der Waals surface area contributed by atoms with Crippen molar-refractivity contribution in [2.45, 2.75) is 50.9 Å². The zero-order valence-electron chi connectivity index (χ0n) is 13.7. The fraction of sp³-hybridized carbons (Fsp3) is 0.611. The van der Waals surface area contributed by atoms with Crippen LogP contribution < -0.4 is 0 Å². The Balaban J connectivity index is 1.32. The molecule has 2 aliphatic carbocycles. The first-order chi connectivity index (χ1) is 11.6. The van der Waals surface area contributed by atoms with Gasteiger partial charge in [0.05, 0.1) is 0 Å². The summed E-state index contributed by atoms with van der Waals surface area (Å²) < 4.78 is 5.30. The van der Waals surface area contributed by atoms with Gasteiger partial charge >= 0.3 is 5.97 Å². The Morgan fingerprint density at radius 2 is 1.88 bits per heavy atom. The number of oxazole rings is 1. The second-order valence-electron chi connectivity index (χ2n) is 7.14. The quantitative estimate of drug-likeness (QED) is 0.861.